The first-order chi connectivity index (χ1) is 13.8. The minimum atomic E-state index is -3.28. The molecule has 7 nitrogen and oxygen atoms in total. The molecule has 0 radical (unpaired) electrons. The first-order valence-corrected chi connectivity index (χ1v) is 12.1. The number of hydrogen-bond donors (Lipinski definition) is 1. The van der Waals surface area contributed by atoms with Crippen LogP contribution in [0.4, 0.5) is 0 Å². The van der Waals surface area contributed by atoms with Crippen LogP contribution in [-0.2, 0) is 21.2 Å². The number of nitrogens with zero attached hydrogens (tertiary/aromatic N) is 3. The summed E-state index contributed by atoms with van der Waals surface area (Å²) in [5, 5.41) is 3.34. The molecular formula is C21H36N4O3S. The summed E-state index contributed by atoms with van der Waals surface area (Å²) in [6, 6.07) is 8.53. The summed E-state index contributed by atoms with van der Waals surface area (Å²) >= 11 is 0. The van der Waals surface area contributed by atoms with Crippen molar-refractivity contribution in [3.63, 3.8) is 0 Å². The maximum absolute atomic E-state index is 12.5. The lowest BCUT2D eigenvalue weighted by molar-refractivity contribution is 0.0904. The monoisotopic (exact) mass is 424 g/mol. The second-order valence-electron chi connectivity index (χ2n) is 7.59. The number of rotatable bonds is 9. The first-order valence-electron chi connectivity index (χ1n) is 10.5. The molecule has 0 unspecified atom stereocenters. The molecule has 0 atom stereocenters. The summed E-state index contributed by atoms with van der Waals surface area (Å²) in [6.45, 7) is 11.9. The Hall–Kier alpha value is -1.64. The van der Waals surface area contributed by atoms with Crippen LogP contribution in [0.2, 0.25) is 0 Å². The largest absolute Gasteiger partial charge is 0.378 e. The molecule has 2 rings (SSSR count). The number of aliphatic imine (C=N–C) groups is 1. The number of ether oxygens (including phenoxy) is 1. The fourth-order valence-corrected chi connectivity index (χ4v) is 4.45. The summed E-state index contributed by atoms with van der Waals surface area (Å²) in [4.78, 5) is 6.90. The summed E-state index contributed by atoms with van der Waals surface area (Å²) in [6.07, 6.45) is 0.931. The summed E-state index contributed by atoms with van der Waals surface area (Å²) < 4.78 is 32.0. The van der Waals surface area contributed by atoms with Crippen LogP contribution in [0.1, 0.15) is 31.9 Å². The summed E-state index contributed by atoms with van der Waals surface area (Å²) in [7, 11) is -3.28. The van der Waals surface area contributed by atoms with Crippen molar-refractivity contribution in [2.24, 2.45) is 4.99 Å². The van der Waals surface area contributed by atoms with E-state index in [2.05, 4.69) is 41.4 Å². The Morgan fingerprint density at radius 1 is 1.17 bits per heavy atom. The van der Waals surface area contributed by atoms with E-state index in [9.17, 15) is 8.42 Å². The maximum Gasteiger partial charge on any atom is 0.216 e. The lowest BCUT2D eigenvalue weighted by Gasteiger charge is -2.36. The average Bonchev–Trinajstić information content (AvgIpc) is 2.68. The van der Waals surface area contributed by atoms with E-state index in [0.717, 1.165) is 18.9 Å². The minimum Gasteiger partial charge on any atom is -0.378 e. The van der Waals surface area contributed by atoms with Gasteiger partial charge in [-0.3, -0.25) is 4.99 Å². The van der Waals surface area contributed by atoms with E-state index in [1.807, 2.05) is 20.8 Å². The van der Waals surface area contributed by atoms with Crippen molar-refractivity contribution >= 4 is 16.0 Å². The third-order valence-electron chi connectivity index (χ3n) is 4.84. The Balaban J connectivity index is 1.87. The molecule has 0 spiro atoms. The average molecular weight is 425 g/mol. The molecule has 1 fully saturated rings. The van der Waals surface area contributed by atoms with Crippen molar-refractivity contribution in [3.8, 4) is 0 Å². The van der Waals surface area contributed by atoms with Crippen LogP contribution in [0.15, 0.2) is 29.3 Å². The van der Waals surface area contributed by atoms with Crippen molar-refractivity contribution < 1.29 is 13.2 Å². The van der Waals surface area contributed by atoms with Crippen LogP contribution in [-0.4, -0.2) is 81.3 Å². The molecule has 0 bridgehead atoms. The van der Waals surface area contributed by atoms with Gasteiger partial charge in [-0.1, -0.05) is 29.8 Å². The Bertz CT molecular complexity index is 740. The number of benzene rings is 1. The number of piperazine rings is 1. The zero-order valence-electron chi connectivity index (χ0n) is 18.2. The molecule has 1 aliphatic rings. The van der Waals surface area contributed by atoms with Crippen molar-refractivity contribution in [3.05, 3.63) is 35.4 Å². The van der Waals surface area contributed by atoms with Crippen molar-refractivity contribution in [2.45, 2.75) is 40.2 Å². The van der Waals surface area contributed by atoms with Crippen LogP contribution in [0, 0.1) is 6.92 Å². The Labute approximate surface area is 176 Å². The van der Waals surface area contributed by atoms with E-state index in [4.69, 9.17) is 9.73 Å². The van der Waals surface area contributed by atoms with Crippen molar-refractivity contribution in [1.82, 2.24) is 14.5 Å². The van der Waals surface area contributed by atoms with Gasteiger partial charge in [0.05, 0.1) is 18.5 Å². The fraction of sp³-hybridized carbons (Fsp3) is 0.667. The van der Waals surface area contributed by atoms with Gasteiger partial charge in [0, 0.05) is 39.3 Å². The van der Waals surface area contributed by atoms with Gasteiger partial charge in [0.15, 0.2) is 5.96 Å². The smallest absolute Gasteiger partial charge is 0.216 e. The zero-order valence-corrected chi connectivity index (χ0v) is 19.0. The number of nitrogens with one attached hydrogen (secondary N) is 1. The van der Waals surface area contributed by atoms with Gasteiger partial charge in [-0.25, -0.2) is 8.42 Å². The predicted octanol–water partition coefficient (Wildman–Crippen LogP) is 1.88. The van der Waals surface area contributed by atoms with Gasteiger partial charge in [-0.15, -0.1) is 0 Å². The van der Waals surface area contributed by atoms with Gasteiger partial charge < -0.3 is 15.0 Å². The van der Waals surface area contributed by atoms with E-state index in [-0.39, 0.29) is 18.5 Å². The standard InChI is InChI=1S/C21H36N4O3S/c1-5-22-21(23-11-10-20-8-6-19(4)7-9-20)24-12-14-25(15-13-24)29(26,27)17-16-28-18(2)3/h6-9,18H,5,10-17H2,1-4H3,(H,22,23). The van der Waals surface area contributed by atoms with Crippen LogP contribution in [0.25, 0.3) is 0 Å². The quantitative estimate of drug-likeness (QED) is 0.484. The molecule has 1 N–H and O–H groups in total. The third kappa shape index (κ3) is 7.95. The molecule has 1 aromatic carbocycles. The van der Waals surface area contributed by atoms with Crippen LogP contribution in [0.5, 0.6) is 0 Å². The number of guanidine groups is 1. The van der Waals surface area contributed by atoms with E-state index in [0.29, 0.717) is 32.7 Å². The van der Waals surface area contributed by atoms with Gasteiger partial charge in [-0.2, -0.15) is 4.31 Å². The molecule has 0 amide bonds. The van der Waals surface area contributed by atoms with E-state index in [1.165, 1.54) is 11.1 Å². The van der Waals surface area contributed by atoms with E-state index < -0.39 is 10.0 Å². The van der Waals surface area contributed by atoms with Gasteiger partial charge in [0.25, 0.3) is 0 Å². The molecule has 0 saturated carbocycles. The summed E-state index contributed by atoms with van der Waals surface area (Å²) in [5.74, 6) is 0.899. The molecule has 8 heteroatoms. The highest BCUT2D eigenvalue weighted by Crippen LogP contribution is 2.10. The number of sulfonamides is 1. The lowest BCUT2D eigenvalue weighted by Crippen LogP contribution is -2.54. The molecule has 1 saturated heterocycles. The molecule has 1 aliphatic heterocycles. The molecular weight excluding hydrogens is 388 g/mol. The maximum atomic E-state index is 12.5. The molecule has 1 heterocycles. The van der Waals surface area contributed by atoms with Gasteiger partial charge in [-0.05, 0) is 39.7 Å². The van der Waals surface area contributed by atoms with Gasteiger partial charge in [0.2, 0.25) is 10.0 Å². The lowest BCUT2D eigenvalue weighted by atomic mass is 10.1. The van der Waals surface area contributed by atoms with Crippen LogP contribution >= 0.6 is 0 Å². The SMILES string of the molecule is CCNC(=NCCc1ccc(C)cc1)N1CCN(S(=O)(=O)CCOC(C)C)CC1. The Kier molecular flexibility index (Phi) is 9.39. The predicted molar refractivity (Wildman–Crippen MR) is 119 cm³/mol. The molecule has 164 valence electrons. The topological polar surface area (TPSA) is 74.2 Å². The molecule has 1 aromatic rings. The molecule has 0 aromatic heterocycles. The molecule has 29 heavy (non-hydrogen) atoms. The number of hydrogen-bond acceptors (Lipinski definition) is 4. The third-order valence-corrected chi connectivity index (χ3v) is 6.68. The van der Waals surface area contributed by atoms with Gasteiger partial charge >= 0.3 is 0 Å². The highest BCUT2D eigenvalue weighted by molar-refractivity contribution is 7.89. The first kappa shape index (κ1) is 23.6. The second-order valence-corrected chi connectivity index (χ2v) is 9.68. The Morgan fingerprint density at radius 2 is 1.83 bits per heavy atom. The second kappa shape index (κ2) is 11.5. The fourth-order valence-electron chi connectivity index (χ4n) is 3.17. The highest BCUT2D eigenvalue weighted by atomic mass is 32.2. The Morgan fingerprint density at radius 3 is 2.41 bits per heavy atom. The minimum absolute atomic E-state index is 0.0376. The van der Waals surface area contributed by atoms with Crippen molar-refractivity contribution in [1.29, 1.82) is 0 Å². The number of aryl methyl sites for hydroxylation is 1. The molecule has 0 aliphatic carbocycles. The van der Waals surface area contributed by atoms with Crippen molar-refractivity contribution in [2.75, 3.05) is 51.6 Å². The van der Waals surface area contributed by atoms with Gasteiger partial charge in [0.1, 0.15) is 0 Å². The van der Waals surface area contributed by atoms with Crippen LogP contribution < -0.4 is 5.32 Å². The normalized spacial score (nSPS) is 16.4. The van der Waals surface area contributed by atoms with E-state index >= 15 is 0 Å². The highest BCUT2D eigenvalue weighted by Gasteiger charge is 2.27. The van der Waals surface area contributed by atoms with E-state index in [1.54, 1.807) is 4.31 Å². The zero-order chi connectivity index (χ0) is 21.3. The summed E-state index contributed by atoms with van der Waals surface area (Å²) in [5.41, 5.74) is 2.53. The van der Waals surface area contributed by atoms with Crippen LogP contribution in [0.3, 0.4) is 0 Å².